The zero-order valence-electron chi connectivity index (χ0n) is 9.10. The van der Waals surface area contributed by atoms with Gasteiger partial charge in [-0.3, -0.25) is 10.1 Å². The number of fused-ring (bicyclic) bond motifs is 1. The first-order valence-corrected chi connectivity index (χ1v) is 5.68. The van der Waals surface area contributed by atoms with Gasteiger partial charge in [0.25, 0.3) is 0 Å². The molecule has 2 rings (SSSR count). The zero-order chi connectivity index (χ0) is 10.2. The maximum Gasteiger partial charge on any atom is 0.240 e. The number of carbonyl (C=O) groups is 1. The molecule has 2 atom stereocenters. The lowest BCUT2D eigenvalue weighted by molar-refractivity contribution is -0.130. The highest BCUT2D eigenvalue weighted by Crippen LogP contribution is 2.23. The van der Waals surface area contributed by atoms with Crippen LogP contribution in [-0.4, -0.2) is 23.5 Å². The van der Waals surface area contributed by atoms with Crippen LogP contribution in [0, 0.1) is 0 Å². The fourth-order valence-electron chi connectivity index (χ4n) is 2.53. The molecule has 1 aliphatic heterocycles. The molecule has 2 aliphatic rings. The van der Waals surface area contributed by atoms with Crippen LogP contribution in [0.5, 0.6) is 0 Å². The molecule has 0 aromatic carbocycles. The first kappa shape index (κ1) is 9.97. The van der Waals surface area contributed by atoms with E-state index in [2.05, 4.69) is 10.6 Å². The third-order valence-electron chi connectivity index (χ3n) is 3.45. The van der Waals surface area contributed by atoms with E-state index in [1.165, 1.54) is 25.7 Å². The molecule has 2 fully saturated rings. The van der Waals surface area contributed by atoms with Crippen LogP contribution in [-0.2, 0) is 4.79 Å². The van der Waals surface area contributed by atoms with Gasteiger partial charge in [-0.15, -0.1) is 0 Å². The van der Waals surface area contributed by atoms with Gasteiger partial charge in [0.2, 0.25) is 5.91 Å². The van der Waals surface area contributed by atoms with Gasteiger partial charge in [-0.05, 0) is 26.7 Å². The van der Waals surface area contributed by atoms with Crippen molar-refractivity contribution in [3.05, 3.63) is 0 Å². The summed E-state index contributed by atoms with van der Waals surface area (Å²) in [7, 11) is 0. The van der Waals surface area contributed by atoms with Gasteiger partial charge in [0.1, 0.15) is 0 Å². The second-order valence-electron chi connectivity index (χ2n) is 5.09. The number of rotatable bonds is 0. The van der Waals surface area contributed by atoms with Crippen LogP contribution >= 0.6 is 0 Å². The molecule has 1 unspecified atom stereocenters. The van der Waals surface area contributed by atoms with Crippen LogP contribution in [0.4, 0.5) is 0 Å². The smallest absolute Gasteiger partial charge is 0.240 e. The van der Waals surface area contributed by atoms with Crippen molar-refractivity contribution in [2.75, 3.05) is 0 Å². The first-order valence-electron chi connectivity index (χ1n) is 5.68. The lowest BCUT2D eigenvalue weighted by Crippen LogP contribution is -2.68. The van der Waals surface area contributed by atoms with Gasteiger partial charge >= 0.3 is 0 Å². The molecule has 1 aliphatic carbocycles. The van der Waals surface area contributed by atoms with Crippen molar-refractivity contribution in [3.8, 4) is 0 Å². The van der Waals surface area contributed by atoms with Gasteiger partial charge in [0.15, 0.2) is 0 Å². The van der Waals surface area contributed by atoms with Crippen LogP contribution in [0.2, 0.25) is 0 Å². The Morgan fingerprint density at radius 3 is 2.50 bits per heavy atom. The normalized spacial score (nSPS) is 36.9. The van der Waals surface area contributed by atoms with Crippen molar-refractivity contribution >= 4 is 5.91 Å². The summed E-state index contributed by atoms with van der Waals surface area (Å²) in [6.45, 7) is 3.92. The molecule has 3 heteroatoms. The SMILES string of the molecule is CC1(C)NC2CCCCC[C@H]2NC1=O. The molecular weight excluding hydrogens is 176 g/mol. The van der Waals surface area contributed by atoms with E-state index in [-0.39, 0.29) is 11.4 Å². The van der Waals surface area contributed by atoms with Crippen LogP contribution in [0.15, 0.2) is 0 Å². The number of hydrogen-bond acceptors (Lipinski definition) is 2. The maximum atomic E-state index is 11.7. The van der Waals surface area contributed by atoms with Crippen molar-refractivity contribution in [3.63, 3.8) is 0 Å². The molecule has 0 spiro atoms. The van der Waals surface area contributed by atoms with Crippen LogP contribution in [0.1, 0.15) is 46.0 Å². The monoisotopic (exact) mass is 196 g/mol. The highest BCUT2D eigenvalue weighted by Gasteiger charge is 2.40. The summed E-state index contributed by atoms with van der Waals surface area (Å²) in [5.41, 5.74) is -0.383. The fourth-order valence-corrected chi connectivity index (χ4v) is 2.53. The van der Waals surface area contributed by atoms with Gasteiger partial charge in [0.05, 0.1) is 5.54 Å². The van der Waals surface area contributed by atoms with E-state index in [9.17, 15) is 4.79 Å². The molecule has 0 radical (unpaired) electrons. The van der Waals surface area contributed by atoms with E-state index < -0.39 is 0 Å². The molecule has 14 heavy (non-hydrogen) atoms. The molecule has 0 bridgehead atoms. The Labute approximate surface area is 85.6 Å². The van der Waals surface area contributed by atoms with Crippen LogP contribution in [0.25, 0.3) is 0 Å². The Balaban J connectivity index is 2.10. The molecule has 1 amide bonds. The average Bonchev–Trinajstić information content (AvgIpc) is 2.30. The van der Waals surface area contributed by atoms with E-state index in [1.807, 2.05) is 13.8 Å². The quantitative estimate of drug-likeness (QED) is 0.611. The summed E-state index contributed by atoms with van der Waals surface area (Å²) in [6, 6.07) is 0.864. The summed E-state index contributed by atoms with van der Waals surface area (Å²) < 4.78 is 0. The third kappa shape index (κ3) is 1.78. The topological polar surface area (TPSA) is 41.1 Å². The Bertz CT molecular complexity index is 237. The number of amides is 1. The Morgan fingerprint density at radius 1 is 1.14 bits per heavy atom. The number of carbonyl (C=O) groups excluding carboxylic acids is 1. The summed E-state index contributed by atoms with van der Waals surface area (Å²) in [6.07, 6.45) is 6.20. The number of hydrogen-bond donors (Lipinski definition) is 2. The van der Waals surface area contributed by atoms with E-state index >= 15 is 0 Å². The Kier molecular flexibility index (Phi) is 2.52. The largest absolute Gasteiger partial charge is 0.350 e. The predicted octanol–water partition coefficient (Wildman–Crippen LogP) is 1.19. The van der Waals surface area contributed by atoms with E-state index in [0.717, 1.165) is 6.42 Å². The molecule has 1 heterocycles. The minimum Gasteiger partial charge on any atom is -0.350 e. The van der Waals surface area contributed by atoms with E-state index in [0.29, 0.717) is 12.1 Å². The second kappa shape index (κ2) is 3.54. The fraction of sp³-hybridized carbons (Fsp3) is 0.909. The average molecular weight is 196 g/mol. The molecule has 3 nitrogen and oxygen atoms in total. The lowest BCUT2D eigenvalue weighted by Gasteiger charge is -2.41. The lowest BCUT2D eigenvalue weighted by atomic mass is 9.91. The molecular formula is C11H20N2O. The van der Waals surface area contributed by atoms with Crippen molar-refractivity contribution in [2.45, 2.75) is 63.6 Å². The summed E-state index contributed by atoms with van der Waals surface area (Å²) in [4.78, 5) is 11.7. The molecule has 1 saturated heterocycles. The number of piperazine rings is 1. The van der Waals surface area contributed by atoms with Crippen LogP contribution < -0.4 is 10.6 Å². The molecule has 0 aromatic heterocycles. The minimum absolute atomic E-state index is 0.153. The molecule has 0 aromatic rings. The molecule has 1 saturated carbocycles. The standard InChI is InChI=1S/C11H20N2O/c1-11(2)10(14)12-8-6-4-3-5-7-9(8)13-11/h8-9,13H,3-7H2,1-2H3,(H,12,14)/t8-,9?/m1/s1. The van der Waals surface area contributed by atoms with E-state index in [4.69, 9.17) is 0 Å². The minimum atomic E-state index is -0.383. The van der Waals surface area contributed by atoms with Gasteiger partial charge in [0, 0.05) is 12.1 Å². The van der Waals surface area contributed by atoms with Crippen molar-refractivity contribution in [1.82, 2.24) is 10.6 Å². The second-order valence-corrected chi connectivity index (χ2v) is 5.09. The zero-order valence-corrected chi connectivity index (χ0v) is 9.10. The van der Waals surface area contributed by atoms with Gasteiger partial charge in [-0.2, -0.15) is 0 Å². The van der Waals surface area contributed by atoms with Crippen LogP contribution in [0.3, 0.4) is 0 Å². The highest BCUT2D eigenvalue weighted by molar-refractivity contribution is 5.86. The van der Waals surface area contributed by atoms with Gasteiger partial charge in [-0.1, -0.05) is 19.3 Å². The van der Waals surface area contributed by atoms with E-state index in [1.54, 1.807) is 0 Å². The summed E-state index contributed by atoms with van der Waals surface area (Å²) in [5, 5.41) is 6.62. The molecule has 80 valence electrons. The first-order chi connectivity index (χ1) is 6.59. The van der Waals surface area contributed by atoms with Crippen molar-refractivity contribution in [2.24, 2.45) is 0 Å². The Morgan fingerprint density at radius 2 is 1.79 bits per heavy atom. The van der Waals surface area contributed by atoms with Gasteiger partial charge < -0.3 is 5.32 Å². The maximum absolute atomic E-state index is 11.7. The van der Waals surface area contributed by atoms with Gasteiger partial charge in [-0.25, -0.2) is 0 Å². The van der Waals surface area contributed by atoms with Crippen molar-refractivity contribution in [1.29, 1.82) is 0 Å². The predicted molar refractivity (Wildman–Crippen MR) is 56.0 cm³/mol. The number of nitrogens with one attached hydrogen (secondary N) is 2. The van der Waals surface area contributed by atoms with Crippen molar-refractivity contribution < 1.29 is 4.79 Å². The highest BCUT2D eigenvalue weighted by atomic mass is 16.2. The molecule has 2 N–H and O–H groups in total. The Hall–Kier alpha value is -0.570. The third-order valence-corrected chi connectivity index (χ3v) is 3.45. The summed E-state index contributed by atoms with van der Waals surface area (Å²) >= 11 is 0. The summed E-state index contributed by atoms with van der Waals surface area (Å²) in [5.74, 6) is 0.153.